The molecule has 0 bridgehead atoms. The van der Waals surface area contributed by atoms with Crippen molar-refractivity contribution in [2.24, 2.45) is 0 Å². The number of halogens is 1. The van der Waals surface area contributed by atoms with Gasteiger partial charge in [0, 0.05) is 5.03 Å². The highest BCUT2D eigenvalue weighted by atomic mass is 35.5. The Hall–Kier alpha value is -0.350. The molecule has 114 valence electrons. The summed E-state index contributed by atoms with van der Waals surface area (Å²) in [6.45, 7) is 4.34. The maximum Gasteiger partial charge on any atom is 0.113 e. The molecule has 1 aliphatic heterocycles. The second-order valence-corrected chi connectivity index (χ2v) is 6.37. The first-order valence-corrected chi connectivity index (χ1v) is 7.89. The van der Waals surface area contributed by atoms with Crippen LogP contribution in [0.15, 0.2) is 22.8 Å². The van der Waals surface area contributed by atoms with Crippen molar-refractivity contribution in [2.75, 3.05) is 13.2 Å². The van der Waals surface area contributed by atoms with Gasteiger partial charge in [-0.15, -0.1) is 0 Å². The minimum atomic E-state index is -0.331. The molecule has 2 atom stereocenters. The minimum absolute atomic E-state index is 0.0496. The largest absolute Gasteiger partial charge is 0.394 e. The summed E-state index contributed by atoms with van der Waals surface area (Å²) in [5, 5.41) is 10.2. The lowest BCUT2D eigenvalue weighted by molar-refractivity contribution is -0.236. The van der Waals surface area contributed by atoms with Crippen molar-refractivity contribution in [2.45, 2.75) is 63.8 Å². The molecule has 1 N–H and O–H groups in total. The van der Waals surface area contributed by atoms with Crippen LogP contribution in [0.1, 0.15) is 46.0 Å². The zero-order chi connectivity index (χ0) is 14.6. The van der Waals surface area contributed by atoms with E-state index in [0.717, 1.165) is 18.4 Å². The number of allylic oxidation sites excluding steroid dienone is 2. The van der Waals surface area contributed by atoms with Crippen LogP contribution in [0.5, 0.6) is 0 Å². The van der Waals surface area contributed by atoms with Crippen LogP contribution < -0.4 is 0 Å². The van der Waals surface area contributed by atoms with E-state index in [1.807, 2.05) is 26.0 Å². The van der Waals surface area contributed by atoms with E-state index in [9.17, 15) is 5.11 Å². The van der Waals surface area contributed by atoms with Crippen LogP contribution in [0, 0.1) is 0 Å². The van der Waals surface area contributed by atoms with Crippen LogP contribution in [0.2, 0.25) is 0 Å². The van der Waals surface area contributed by atoms with Gasteiger partial charge in [0.25, 0.3) is 0 Å². The quantitative estimate of drug-likeness (QED) is 0.810. The van der Waals surface area contributed by atoms with Gasteiger partial charge < -0.3 is 14.6 Å². The monoisotopic (exact) mass is 300 g/mol. The van der Waals surface area contributed by atoms with Crippen LogP contribution in [-0.2, 0) is 9.47 Å². The number of hydrogen-bond acceptors (Lipinski definition) is 3. The van der Waals surface area contributed by atoms with Crippen molar-refractivity contribution >= 4 is 11.6 Å². The van der Waals surface area contributed by atoms with Gasteiger partial charge in [-0.25, -0.2) is 0 Å². The van der Waals surface area contributed by atoms with E-state index >= 15 is 0 Å². The van der Waals surface area contributed by atoms with Crippen LogP contribution in [0.4, 0.5) is 0 Å². The van der Waals surface area contributed by atoms with E-state index in [0.29, 0.717) is 11.6 Å². The smallest absolute Gasteiger partial charge is 0.113 e. The van der Waals surface area contributed by atoms with E-state index in [2.05, 4.69) is 0 Å². The zero-order valence-corrected chi connectivity index (χ0v) is 13.2. The highest BCUT2D eigenvalue weighted by molar-refractivity contribution is 6.29. The summed E-state index contributed by atoms with van der Waals surface area (Å²) in [4.78, 5) is 0. The van der Waals surface area contributed by atoms with Crippen LogP contribution >= 0.6 is 11.6 Å². The van der Waals surface area contributed by atoms with Gasteiger partial charge in [-0.2, -0.15) is 0 Å². The predicted molar refractivity (Wildman–Crippen MR) is 80.9 cm³/mol. The van der Waals surface area contributed by atoms with Crippen molar-refractivity contribution in [1.29, 1.82) is 0 Å². The van der Waals surface area contributed by atoms with Crippen molar-refractivity contribution in [3.05, 3.63) is 22.8 Å². The van der Waals surface area contributed by atoms with Crippen molar-refractivity contribution in [1.82, 2.24) is 0 Å². The van der Waals surface area contributed by atoms with Gasteiger partial charge in [0.1, 0.15) is 12.2 Å². The van der Waals surface area contributed by atoms with Gasteiger partial charge in [0.15, 0.2) is 0 Å². The first-order valence-electron chi connectivity index (χ1n) is 7.51. The summed E-state index contributed by atoms with van der Waals surface area (Å²) in [6, 6.07) is 0. The van der Waals surface area contributed by atoms with E-state index < -0.39 is 0 Å². The second kappa shape index (κ2) is 7.08. The Bertz CT molecular complexity index is 379. The van der Waals surface area contributed by atoms with Crippen molar-refractivity contribution in [3.8, 4) is 0 Å². The summed E-state index contributed by atoms with van der Waals surface area (Å²) in [7, 11) is 0. The first kappa shape index (κ1) is 16.0. The molecule has 20 heavy (non-hydrogen) atoms. The molecular formula is C16H25ClO3. The average molecular weight is 301 g/mol. The summed E-state index contributed by atoms with van der Waals surface area (Å²) >= 11 is 6.22. The number of aliphatic hydroxyl groups is 1. The molecule has 0 aromatic carbocycles. The molecule has 2 rings (SSSR count). The third-order valence-corrected chi connectivity index (χ3v) is 4.49. The average Bonchev–Trinajstić information content (AvgIpc) is 2.45. The molecule has 1 aliphatic carbocycles. The summed E-state index contributed by atoms with van der Waals surface area (Å²) < 4.78 is 12.3. The van der Waals surface area contributed by atoms with Gasteiger partial charge >= 0.3 is 0 Å². The van der Waals surface area contributed by atoms with Gasteiger partial charge in [-0.1, -0.05) is 43.0 Å². The fourth-order valence-electron chi connectivity index (χ4n) is 3.18. The van der Waals surface area contributed by atoms with Gasteiger partial charge in [-0.3, -0.25) is 0 Å². The Labute approximate surface area is 126 Å². The van der Waals surface area contributed by atoms with Crippen molar-refractivity contribution in [3.63, 3.8) is 0 Å². The third-order valence-electron chi connectivity index (χ3n) is 4.27. The number of hydrogen-bond donors (Lipinski definition) is 1. The number of rotatable bonds is 3. The first-order chi connectivity index (χ1) is 9.62. The molecule has 0 radical (unpaired) electrons. The zero-order valence-electron chi connectivity index (χ0n) is 12.4. The Kier molecular flexibility index (Phi) is 5.67. The summed E-state index contributed by atoms with van der Waals surface area (Å²) in [5.74, 6) is 0. The fraction of sp³-hybridized carbons (Fsp3) is 0.750. The molecular weight excluding hydrogens is 276 g/mol. The third kappa shape index (κ3) is 3.45. The molecule has 0 aromatic heterocycles. The highest BCUT2D eigenvalue weighted by Gasteiger charge is 2.44. The Morgan fingerprint density at radius 1 is 1.35 bits per heavy atom. The number of aliphatic hydroxyl groups excluding tert-OH is 1. The normalized spacial score (nSPS) is 31.6. The van der Waals surface area contributed by atoms with Crippen LogP contribution in [0.3, 0.4) is 0 Å². The van der Waals surface area contributed by atoms with E-state index in [1.165, 1.54) is 19.3 Å². The summed E-state index contributed by atoms with van der Waals surface area (Å²) in [6.07, 6.45) is 9.00. The highest BCUT2D eigenvalue weighted by Crippen LogP contribution is 2.39. The lowest BCUT2D eigenvalue weighted by Gasteiger charge is -2.47. The molecule has 2 unspecified atom stereocenters. The molecule has 1 spiro atoms. The van der Waals surface area contributed by atoms with E-state index in [1.54, 1.807) is 0 Å². The maximum absolute atomic E-state index is 9.55. The Morgan fingerprint density at radius 2 is 2.05 bits per heavy atom. The topological polar surface area (TPSA) is 38.7 Å². The van der Waals surface area contributed by atoms with E-state index in [4.69, 9.17) is 21.1 Å². The van der Waals surface area contributed by atoms with Gasteiger partial charge in [0.2, 0.25) is 0 Å². The SMILES string of the molecule is C/C=C\C(=C(/C)Cl)C1OC2(CCCCC2)COC1CO. The predicted octanol–water partition coefficient (Wildman–Crippen LogP) is 3.55. The fourth-order valence-corrected chi connectivity index (χ4v) is 3.35. The molecule has 1 heterocycles. The second-order valence-electron chi connectivity index (χ2n) is 5.80. The number of ether oxygens (including phenoxy) is 2. The van der Waals surface area contributed by atoms with Crippen LogP contribution in [-0.4, -0.2) is 36.1 Å². The van der Waals surface area contributed by atoms with E-state index in [-0.39, 0.29) is 24.4 Å². The molecule has 4 heteroatoms. The summed E-state index contributed by atoms with van der Waals surface area (Å²) in [5.41, 5.74) is 0.728. The lowest BCUT2D eigenvalue weighted by atomic mass is 9.83. The van der Waals surface area contributed by atoms with Gasteiger partial charge in [-0.05, 0) is 32.3 Å². The molecule has 0 amide bonds. The lowest BCUT2D eigenvalue weighted by Crippen LogP contribution is -2.54. The molecule has 3 nitrogen and oxygen atoms in total. The molecule has 1 saturated carbocycles. The molecule has 2 aliphatic rings. The standard InChI is InChI=1S/C16H25ClO3/c1-3-7-13(12(2)17)15-14(10-18)19-11-16(20-15)8-5-4-6-9-16/h3,7,14-15,18H,4-6,8-11H2,1-2H3/b7-3-,13-12-. The Morgan fingerprint density at radius 3 is 2.60 bits per heavy atom. The van der Waals surface area contributed by atoms with Crippen molar-refractivity contribution < 1.29 is 14.6 Å². The van der Waals surface area contributed by atoms with Crippen LogP contribution in [0.25, 0.3) is 0 Å². The maximum atomic E-state index is 9.55. The molecule has 2 fully saturated rings. The molecule has 0 aromatic rings. The minimum Gasteiger partial charge on any atom is -0.394 e. The molecule has 1 saturated heterocycles. The Balaban J connectivity index is 2.24. The van der Waals surface area contributed by atoms with Gasteiger partial charge in [0.05, 0.1) is 18.8 Å².